The van der Waals surface area contributed by atoms with Crippen LogP contribution in [-0.4, -0.2) is 29.1 Å². The molecule has 0 unspecified atom stereocenters. The third kappa shape index (κ3) is 3.18. The second-order valence-corrected chi connectivity index (χ2v) is 5.70. The highest BCUT2D eigenvalue weighted by Crippen LogP contribution is 2.36. The fraction of sp³-hybridized carbons (Fsp3) is 0.562. The maximum Gasteiger partial charge on any atom is 0.309 e. The predicted octanol–water partition coefficient (Wildman–Crippen LogP) is 3.29. The Balaban J connectivity index is 1.97. The summed E-state index contributed by atoms with van der Waals surface area (Å²) in [5.74, 6) is -0.860. The molecule has 0 saturated carbocycles. The SMILES string of the molecule is CCCC1(C(=O)O)CCN(Cc2ccccc2F)CC1. The smallest absolute Gasteiger partial charge is 0.309 e. The summed E-state index contributed by atoms with van der Waals surface area (Å²) in [5.41, 5.74) is 0.117. The maximum absolute atomic E-state index is 13.6. The van der Waals surface area contributed by atoms with E-state index in [1.807, 2.05) is 13.0 Å². The lowest BCUT2D eigenvalue weighted by molar-refractivity contribution is -0.152. The van der Waals surface area contributed by atoms with Crippen molar-refractivity contribution in [2.45, 2.75) is 39.2 Å². The van der Waals surface area contributed by atoms with Gasteiger partial charge in [0.25, 0.3) is 0 Å². The number of rotatable bonds is 5. The minimum absolute atomic E-state index is 0.184. The molecule has 20 heavy (non-hydrogen) atoms. The fourth-order valence-electron chi connectivity index (χ4n) is 3.06. The molecule has 4 heteroatoms. The Morgan fingerprint density at radius 3 is 2.55 bits per heavy atom. The molecular weight excluding hydrogens is 257 g/mol. The Kier molecular flexibility index (Phi) is 4.76. The Morgan fingerprint density at radius 2 is 2.00 bits per heavy atom. The molecular formula is C16H22FNO2. The van der Waals surface area contributed by atoms with Crippen LogP contribution >= 0.6 is 0 Å². The van der Waals surface area contributed by atoms with Gasteiger partial charge < -0.3 is 5.11 Å². The second kappa shape index (κ2) is 6.35. The Morgan fingerprint density at radius 1 is 1.35 bits per heavy atom. The number of carboxylic acid groups (broad SMARTS) is 1. The number of carboxylic acids is 1. The van der Waals surface area contributed by atoms with Crippen LogP contribution < -0.4 is 0 Å². The van der Waals surface area contributed by atoms with Gasteiger partial charge in [-0.3, -0.25) is 9.69 Å². The van der Waals surface area contributed by atoms with E-state index in [9.17, 15) is 14.3 Å². The quantitative estimate of drug-likeness (QED) is 0.899. The number of hydrogen-bond donors (Lipinski definition) is 1. The molecule has 2 rings (SSSR count). The van der Waals surface area contributed by atoms with Crippen molar-refractivity contribution in [3.05, 3.63) is 35.6 Å². The normalized spacial score (nSPS) is 18.9. The Hall–Kier alpha value is -1.42. The first kappa shape index (κ1) is 15.0. The maximum atomic E-state index is 13.6. The minimum atomic E-state index is -0.676. The number of carbonyl (C=O) groups is 1. The van der Waals surface area contributed by atoms with Gasteiger partial charge in [-0.05, 0) is 38.4 Å². The molecule has 3 nitrogen and oxygen atoms in total. The lowest BCUT2D eigenvalue weighted by Crippen LogP contribution is -2.44. The first-order chi connectivity index (χ1) is 9.57. The zero-order valence-electron chi connectivity index (χ0n) is 11.9. The number of halogens is 1. The molecule has 1 aromatic rings. The van der Waals surface area contributed by atoms with Gasteiger partial charge in [-0.1, -0.05) is 31.5 Å². The van der Waals surface area contributed by atoms with Crippen LogP contribution in [0.15, 0.2) is 24.3 Å². The van der Waals surface area contributed by atoms with Crippen LogP contribution in [0.1, 0.15) is 38.2 Å². The van der Waals surface area contributed by atoms with Crippen LogP contribution in [0, 0.1) is 11.2 Å². The van der Waals surface area contributed by atoms with E-state index in [1.54, 1.807) is 12.1 Å². The van der Waals surface area contributed by atoms with Gasteiger partial charge in [0.1, 0.15) is 5.82 Å². The molecule has 0 bridgehead atoms. The lowest BCUT2D eigenvalue weighted by Gasteiger charge is -2.38. The summed E-state index contributed by atoms with van der Waals surface area (Å²) in [6.07, 6.45) is 2.94. The summed E-state index contributed by atoms with van der Waals surface area (Å²) in [5, 5.41) is 9.46. The van der Waals surface area contributed by atoms with Crippen molar-refractivity contribution < 1.29 is 14.3 Å². The van der Waals surface area contributed by atoms with E-state index in [4.69, 9.17) is 0 Å². The van der Waals surface area contributed by atoms with Crippen LogP contribution in [0.4, 0.5) is 4.39 Å². The van der Waals surface area contributed by atoms with Gasteiger partial charge in [0.2, 0.25) is 0 Å². The first-order valence-corrected chi connectivity index (χ1v) is 7.26. The highest BCUT2D eigenvalue weighted by atomic mass is 19.1. The molecule has 110 valence electrons. The van der Waals surface area contributed by atoms with Crippen molar-refractivity contribution in [1.29, 1.82) is 0 Å². The van der Waals surface area contributed by atoms with Gasteiger partial charge in [0.15, 0.2) is 0 Å². The molecule has 0 radical (unpaired) electrons. The lowest BCUT2D eigenvalue weighted by atomic mass is 9.75. The van der Waals surface area contributed by atoms with E-state index in [1.165, 1.54) is 6.07 Å². The summed E-state index contributed by atoms with van der Waals surface area (Å²) < 4.78 is 13.6. The second-order valence-electron chi connectivity index (χ2n) is 5.70. The van der Waals surface area contributed by atoms with Crippen molar-refractivity contribution >= 4 is 5.97 Å². The van der Waals surface area contributed by atoms with Crippen LogP contribution in [0.25, 0.3) is 0 Å². The van der Waals surface area contributed by atoms with Gasteiger partial charge in [0.05, 0.1) is 5.41 Å². The Bertz CT molecular complexity index is 467. The summed E-state index contributed by atoms with van der Waals surface area (Å²) in [6.45, 7) is 4.03. The minimum Gasteiger partial charge on any atom is -0.481 e. The van der Waals surface area contributed by atoms with E-state index in [2.05, 4.69) is 4.90 Å². The van der Waals surface area contributed by atoms with Gasteiger partial charge >= 0.3 is 5.97 Å². The van der Waals surface area contributed by atoms with Crippen LogP contribution in [0.5, 0.6) is 0 Å². The molecule has 1 aromatic carbocycles. The first-order valence-electron chi connectivity index (χ1n) is 7.26. The predicted molar refractivity (Wildman–Crippen MR) is 75.9 cm³/mol. The zero-order chi connectivity index (χ0) is 14.6. The number of piperidine rings is 1. The molecule has 0 aromatic heterocycles. The number of benzene rings is 1. The van der Waals surface area contributed by atoms with Gasteiger partial charge in [-0.15, -0.1) is 0 Å². The van der Waals surface area contributed by atoms with Gasteiger partial charge in [-0.2, -0.15) is 0 Å². The summed E-state index contributed by atoms with van der Waals surface area (Å²) in [7, 11) is 0. The molecule has 0 spiro atoms. The molecule has 0 atom stereocenters. The molecule has 0 amide bonds. The highest BCUT2D eigenvalue weighted by Gasteiger charge is 2.40. The molecule has 1 N–H and O–H groups in total. The summed E-state index contributed by atoms with van der Waals surface area (Å²) in [4.78, 5) is 13.7. The highest BCUT2D eigenvalue weighted by molar-refractivity contribution is 5.74. The van der Waals surface area contributed by atoms with E-state index >= 15 is 0 Å². The summed E-state index contributed by atoms with van der Waals surface area (Å²) >= 11 is 0. The standard InChI is InChI=1S/C16H22FNO2/c1-2-7-16(15(19)20)8-10-18(11-9-16)12-13-5-3-4-6-14(13)17/h3-6H,2,7-12H2,1H3,(H,19,20). The number of likely N-dealkylation sites (tertiary alicyclic amines) is 1. The van der Waals surface area contributed by atoms with Crippen LogP contribution in [0.2, 0.25) is 0 Å². The van der Waals surface area contributed by atoms with Crippen molar-refractivity contribution in [3.63, 3.8) is 0 Å². The molecule has 0 aliphatic carbocycles. The van der Waals surface area contributed by atoms with E-state index in [-0.39, 0.29) is 5.82 Å². The molecule has 1 aliphatic rings. The van der Waals surface area contributed by atoms with E-state index in [0.29, 0.717) is 24.9 Å². The van der Waals surface area contributed by atoms with Crippen molar-refractivity contribution in [2.24, 2.45) is 5.41 Å². The van der Waals surface area contributed by atoms with Crippen molar-refractivity contribution in [1.82, 2.24) is 4.90 Å². The van der Waals surface area contributed by atoms with Crippen molar-refractivity contribution in [3.8, 4) is 0 Å². The molecule has 1 heterocycles. The van der Waals surface area contributed by atoms with Crippen molar-refractivity contribution in [2.75, 3.05) is 13.1 Å². The van der Waals surface area contributed by atoms with Crippen LogP contribution in [0.3, 0.4) is 0 Å². The third-order valence-electron chi connectivity index (χ3n) is 4.35. The number of hydrogen-bond acceptors (Lipinski definition) is 2. The van der Waals surface area contributed by atoms with E-state index in [0.717, 1.165) is 25.9 Å². The number of nitrogens with zero attached hydrogens (tertiary/aromatic N) is 1. The monoisotopic (exact) mass is 279 g/mol. The average molecular weight is 279 g/mol. The average Bonchev–Trinajstić information content (AvgIpc) is 2.43. The van der Waals surface area contributed by atoms with Gasteiger partial charge in [0, 0.05) is 12.1 Å². The summed E-state index contributed by atoms with van der Waals surface area (Å²) in [6, 6.07) is 6.78. The topological polar surface area (TPSA) is 40.5 Å². The Labute approximate surface area is 119 Å². The third-order valence-corrected chi connectivity index (χ3v) is 4.35. The number of aliphatic carboxylic acids is 1. The molecule has 1 saturated heterocycles. The zero-order valence-corrected chi connectivity index (χ0v) is 11.9. The van der Waals surface area contributed by atoms with Gasteiger partial charge in [-0.25, -0.2) is 4.39 Å². The van der Waals surface area contributed by atoms with Crippen LogP contribution in [-0.2, 0) is 11.3 Å². The largest absolute Gasteiger partial charge is 0.481 e. The van der Waals surface area contributed by atoms with E-state index < -0.39 is 11.4 Å². The fourth-order valence-corrected chi connectivity index (χ4v) is 3.06. The molecule has 1 fully saturated rings. The molecule has 1 aliphatic heterocycles.